The van der Waals surface area contributed by atoms with E-state index in [1.54, 1.807) is 0 Å². The lowest BCUT2D eigenvalue weighted by Gasteiger charge is -2.35. The summed E-state index contributed by atoms with van der Waals surface area (Å²) in [6.07, 6.45) is 2.73. The zero-order chi connectivity index (χ0) is 20.8. The van der Waals surface area contributed by atoms with Crippen LogP contribution in [0.15, 0.2) is 24.3 Å². The molecule has 0 aliphatic carbocycles. The molecule has 29 heavy (non-hydrogen) atoms. The first kappa shape index (κ1) is 21.8. The first-order valence-corrected chi connectivity index (χ1v) is 11.0. The predicted molar refractivity (Wildman–Crippen MR) is 113 cm³/mol. The van der Waals surface area contributed by atoms with Crippen LogP contribution in [0.3, 0.4) is 0 Å². The molecule has 0 aromatic heterocycles. The van der Waals surface area contributed by atoms with E-state index in [0.717, 1.165) is 44.6 Å². The van der Waals surface area contributed by atoms with Crippen LogP contribution >= 0.6 is 0 Å². The van der Waals surface area contributed by atoms with Crippen molar-refractivity contribution >= 4 is 11.8 Å². The van der Waals surface area contributed by atoms with Crippen molar-refractivity contribution in [2.24, 2.45) is 5.92 Å². The maximum atomic E-state index is 12.7. The largest absolute Gasteiger partial charge is 0.373 e. The van der Waals surface area contributed by atoms with E-state index in [2.05, 4.69) is 42.3 Å². The fourth-order valence-electron chi connectivity index (χ4n) is 4.51. The second-order valence-electron chi connectivity index (χ2n) is 8.47. The van der Waals surface area contributed by atoms with E-state index in [1.807, 2.05) is 17.9 Å². The number of amides is 2. The third-order valence-electron chi connectivity index (χ3n) is 5.91. The van der Waals surface area contributed by atoms with Crippen LogP contribution < -0.4 is 5.32 Å². The molecule has 2 aliphatic heterocycles. The monoisotopic (exact) mass is 401 g/mol. The van der Waals surface area contributed by atoms with Crippen LogP contribution in [-0.4, -0.2) is 60.0 Å². The molecule has 1 N–H and O–H groups in total. The Bertz CT molecular complexity index is 698. The summed E-state index contributed by atoms with van der Waals surface area (Å²) in [5, 5.41) is 3.12. The van der Waals surface area contributed by atoms with Gasteiger partial charge in [0.05, 0.1) is 18.1 Å². The van der Waals surface area contributed by atoms with Gasteiger partial charge < -0.3 is 15.0 Å². The Kier molecular flexibility index (Phi) is 7.67. The van der Waals surface area contributed by atoms with Gasteiger partial charge in [0.2, 0.25) is 11.8 Å². The van der Waals surface area contributed by atoms with Crippen molar-refractivity contribution in [1.82, 2.24) is 15.1 Å². The normalized spacial score (nSPS) is 25.6. The zero-order valence-electron chi connectivity index (χ0n) is 18.0. The molecule has 2 amide bonds. The van der Waals surface area contributed by atoms with Crippen LogP contribution in [0.1, 0.15) is 51.2 Å². The number of nitrogens with zero attached hydrogens (tertiary/aromatic N) is 2. The number of benzene rings is 1. The van der Waals surface area contributed by atoms with Crippen LogP contribution in [0.2, 0.25) is 0 Å². The molecule has 6 nitrogen and oxygen atoms in total. The van der Waals surface area contributed by atoms with Gasteiger partial charge in [-0.1, -0.05) is 31.2 Å². The molecule has 1 aromatic carbocycles. The lowest BCUT2D eigenvalue weighted by atomic mass is 9.96. The fraction of sp³-hybridized carbons (Fsp3) is 0.652. The maximum Gasteiger partial charge on any atom is 0.225 e. The topological polar surface area (TPSA) is 61.9 Å². The van der Waals surface area contributed by atoms with E-state index >= 15 is 0 Å². The average Bonchev–Trinajstić information content (AvgIpc) is 2.71. The molecule has 2 saturated heterocycles. The zero-order valence-corrected chi connectivity index (χ0v) is 18.0. The standard InChI is InChI=1S/C23H35N3O3/c1-4-22(27)26-11-7-10-21(16-26)23(28)24-12-19-8-5-6-9-20(19)15-25-13-17(2)29-18(3)14-25/h5-6,8-9,17-18,21H,4,7,10-16H2,1-3H3,(H,24,28). The summed E-state index contributed by atoms with van der Waals surface area (Å²) >= 11 is 0. The second-order valence-corrected chi connectivity index (χ2v) is 8.47. The first-order valence-electron chi connectivity index (χ1n) is 11.0. The number of piperidine rings is 1. The Morgan fingerprint density at radius 2 is 1.79 bits per heavy atom. The van der Waals surface area contributed by atoms with E-state index in [-0.39, 0.29) is 29.9 Å². The summed E-state index contributed by atoms with van der Waals surface area (Å²) in [7, 11) is 0. The van der Waals surface area contributed by atoms with Gasteiger partial charge in [-0.15, -0.1) is 0 Å². The third-order valence-corrected chi connectivity index (χ3v) is 5.91. The molecule has 3 unspecified atom stereocenters. The fourth-order valence-corrected chi connectivity index (χ4v) is 4.51. The third kappa shape index (κ3) is 6.03. The number of rotatable bonds is 6. The Labute approximate surface area is 174 Å². The molecule has 2 aliphatic rings. The number of carbonyl (C=O) groups excluding carboxylic acids is 2. The molecular formula is C23H35N3O3. The van der Waals surface area contributed by atoms with Crippen LogP contribution in [0.4, 0.5) is 0 Å². The predicted octanol–water partition coefficient (Wildman–Crippen LogP) is 2.56. The molecule has 3 atom stereocenters. The Morgan fingerprint density at radius 3 is 2.48 bits per heavy atom. The van der Waals surface area contributed by atoms with Crippen molar-refractivity contribution in [3.8, 4) is 0 Å². The van der Waals surface area contributed by atoms with Crippen molar-refractivity contribution in [3.05, 3.63) is 35.4 Å². The highest BCUT2D eigenvalue weighted by Gasteiger charge is 2.28. The average molecular weight is 402 g/mol. The molecule has 0 spiro atoms. The van der Waals surface area contributed by atoms with Gasteiger partial charge in [0, 0.05) is 45.7 Å². The van der Waals surface area contributed by atoms with E-state index in [9.17, 15) is 9.59 Å². The molecule has 160 valence electrons. The lowest BCUT2D eigenvalue weighted by molar-refractivity contribution is -0.135. The molecule has 1 aromatic rings. The number of nitrogens with one attached hydrogen (secondary N) is 1. The minimum absolute atomic E-state index is 0.0574. The quantitative estimate of drug-likeness (QED) is 0.796. The summed E-state index contributed by atoms with van der Waals surface area (Å²) in [4.78, 5) is 29.0. The Balaban J connectivity index is 1.56. The van der Waals surface area contributed by atoms with E-state index in [0.29, 0.717) is 19.5 Å². The summed E-state index contributed by atoms with van der Waals surface area (Å²) < 4.78 is 5.84. The second kappa shape index (κ2) is 10.2. The van der Waals surface area contributed by atoms with E-state index < -0.39 is 0 Å². The molecule has 2 heterocycles. The molecule has 0 radical (unpaired) electrons. The number of likely N-dealkylation sites (tertiary alicyclic amines) is 1. The van der Waals surface area contributed by atoms with Crippen LogP contribution in [0, 0.1) is 5.92 Å². The van der Waals surface area contributed by atoms with Gasteiger partial charge in [-0.2, -0.15) is 0 Å². The molecule has 3 rings (SSSR count). The van der Waals surface area contributed by atoms with Gasteiger partial charge in [0.25, 0.3) is 0 Å². The van der Waals surface area contributed by atoms with Gasteiger partial charge >= 0.3 is 0 Å². The summed E-state index contributed by atoms with van der Waals surface area (Å²) in [6, 6.07) is 8.33. The summed E-state index contributed by atoms with van der Waals surface area (Å²) in [5.41, 5.74) is 2.41. The van der Waals surface area contributed by atoms with Crippen molar-refractivity contribution in [1.29, 1.82) is 0 Å². The number of carbonyl (C=O) groups is 2. The Morgan fingerprint density at radius 1 is 1.10 bits per heavy atom. The minimum atomic E-state index is -0.104. The highest BCUT2D eigenvalue weighted by molar-refractivity contribution is 5.81. The summed E-state index contributed by atoms with van der Waals surface area (Å²) in [6.45, 7) is 10.7. The van der Waals surface area contributed by atoms with E-state index in [4.69, 9.17) is 4.74 Å². The van der Waals surface area contributed by atoms with Crippen LogP contribution in [-0.2, 0) is 27.4 Å². The summed E-state index contributed by atoms with van der Waals surface area (Å²) in [5.74, 6) is 0.0937. The molecule has 0 bridgehead atoms. The van der Waals surface area contributed by atoms with E-state index in [1.165, 1.54) is 5.56 Å². The number of hydrogen-bond acceptors (Lipinski definition) is 4. The lowest BCUT2D eigenvalue weighted by Crippen LogP contribution is -2.45. The van der Waals surface area contributed by atoms with Crippen LogP contribution in [0.25, 0.3) is 0 Å². The smallest absolute Gasteiger partial charge is 0.225 e. The number of ether oxygens (including phenoxy) is 1. The molecule has 6 heteroatoms. The van der Waals surface area contributed by atoms with Gasteiger partial charge in [-0.3, -0.25) is 14.5 Å². The number of morpholine rings is 1. The highest BCUT2D eigenvalue weighted by Crippen LogP contribution is 2.19. The minimum Gasteiger partial charge on any atom is -0.373 e. The van der Waals surface area contributed by atoms with Crippen LogP contribution in [0.5, 0.6) is 0 Å². The van der Waals surface area contributed by atoms with Crippen molar-refractivity contribution in [3.63, 3.8) is 0 Å². The van der Waals surface area contributed by atoms with Crippen molar-refractivity contribution in [2.45, 2.75) is 65.3 Å². The maximum absolute atomic E-state index is 12.7. The SMILES string of the molecule is CCC(=O)N1CCCC(C(=O)NCc2ccccc2CN2CC(C)OC(C)C2)C1. The first-order chi connectivity index (χ1) is 14.0. The highest BCUT2D eigenvalue weighted by atomic mass is 16.5. The van der Waals surface area contributed by atoms with Crippen molar-refractivity contribution in [2.75, 3.05) is 26.2 Å². The Hall–Kier alpha value is -1.92. The van der Waals surface area contributed by atoms with Crippen molar-refractivity contribution < 1.29 is 14.3 Å². The number of hydrogen-bond donors (Lipinski definition) is 1. The van der Waals surface area contributed by atoms with Gasteiger partial charge in [0.1, 0.15) is 0 Å². The van der Waals surface area contributed by atoms with Gasteiger partial charge in [-0.25, -0.2) is 0 Å². The van der Waals surface area contributed by atoms with Gasteiger partial charge in [-0.05, 0) is 37.8 Å². The van der Waals surface area contributed by atoms with Gasteiger partial charge in [0.15, 0.2) is 0 Å². The molecule has 2 fully saturated rings. The molecule has 0 saturated carbocycles. The molecular weight excluding hydrogens is 366 g/mol.